The Morgan fingerprint density at radius 1 is 1.29 bits per heavy atom. The van der Waals surface area contributed by atoms with Crippen molar-refractivity contribution in [1.82, 2.24) is 10.2 Å². The predicted molar refractivity (Wildman–Crippen MR) is 99.5 cm³/mol. The van der Waals surface area contributed by atoms with Crippen LogP contribution in [0.4, 0.5) is 0 Å². The number of guanidine groups is 1. The molecule has 0 aromatic heterocycles. The van der Waals surface area contributed by atoms with E-state index >= 15 is 0 Å². The molecule has 0 bridgehead atoms. The van der Waals surface area contributed by atoms with Gasteiger partial charge >= 0.3 is 0 Å². The Hall–Kier alpha value is -0.490. The molecule has 1 spiro atoms. The number of nitrogens with one attached hydrogen (secondary N) is 1. The molecule has 3 nitrogen and oxygen atoms in total. The van der Waals surface area contributed by atoms with Crippen molar-refractivity contribution < 1.29 is 0 Å². The van der Waals surface area contributed by atoms with Crippen LogP contribution in [0.1, 0.15) is 31.2 Å². The Morgan fingerprint density at radius 2 is 2.00 bits per heavy atom. The maximum absolute atomic E-state index is 5.91. The number of aliphatic imine (C=N–C) groups is 1. The van der Waals surface area contributed by atoms with Crippen LogP contribution in [0.25, 0.3) is 0 Å². The Morgan fingerprint density at radius 3 is 2.52 bits per heavy atom. The summed E-state index contributed by atoms with van der Waals surface area (Å²) in [6.07, 6.45) is 5.54. The summed E-state index contributed by atoms with van der Waals surface area (Å²) < 4.78 is 0. The first-order valence-electron chi connectivity index (χ1n) is 7.41. The van der Waals surface area contributed by atoms with Crippen LogP contribution in [0.3, 0.4) is 0 Å². The van der Waals surface area contributed by atoms with E-state index in [1.165, 1.54) is 37.8 Å². The van der Waals surface area contributed by atoms with Gasteiger partial charge < -0.3 is 10.2 Å². The Balaban J connectivity index is 0.00000161. The molecule has 1 aliphatic heterocycles. The van der Waals surface area contributed by atoms with E-state index in [2.05, 4.69) is 27.3 Å². The zero-order chi connectivity index (χ0) is 14.0. The van der Waals surface area contributed by atoms with E-state index in [4.69, 9.17) is 11.6 Å². The maximum atomic E-state index is 5.91. The van der Waals surface area contributed by atoms with Crippen molar-refractivity contribution in [2.45, 2.75) is 32.2 Å². The lowest BCUT2D eigenvalue weighted by Gasteiger charge is -2.38. The second kappa shape index (κ2) is 7.18. The van der Waals surface area contributed by atoms with Crippen molar-refractivity contribution in [1.29, 1.82) is 0 Å². The van der Waals surface area contributed by atoms with E-state index in [1.54, 1.807) is 0 Å². The summed E-state index contributed by atoms with van der Waals surface area (Å²) in [5, 5.41) is 4.25. The third kappa shape index (κ3) is 3.83. The summed E-state index contributed by atoms with van der Waals surface area (Å²) in [7, 11) is 1.87. The standard InChI is InChI=1S/C16H22ClN3.HI/c1-18-15(19-11-13-3-5-14(17)6-4-13)20-10-9-16(12-20)7-2-8-16;/h3-6H,2,7-12H2,1H3,(H,18,19);1H. The van der Waals surface area contributed by atoms with Gasteiger partial charge in [0.2, 0.25) is 0 Å². The van der Waals surface area contributed by atoms with Crippen molar-refractivity contribution >= 4 is 41.5 Å². The minimum absolute atomic E-state index is 0. The highest BCUT2D eigenvalue weighted by molar-refractivity contribution is 14.0. The van der Waals surface area contributed by atoms with Crippen molar-refractivity contribution in [2.24, 2.45) is 10.4 Å². The van der Waals surface area contributed by atoms with E-state index in [0.29, 0.717) is 5.41 Å². The van der Waals surface area contributed by atoms with Crippen molar-refractivity contribution in [3.05, 3.63) is 34.9 Å². The van der Waals surface area contributed by atoms with Crippen LogP contribution < -0.4 is 5.32 Å². The van der Waals surface area contributed by atoms with E-state index < -0.39 is 0 Å². The van der Waals surface area contributed by atoms with E-state index in [9.17, 15) is 0 Å². The first kappa shape index (κ1) is 16.9. The Labute approximate surface area is 149 Å². The quantitative estimate of drug-likeness (QED) is 0.447. The van der Waals surface area contributed by atoms with Gasteiger partial charge in [-0.2, -0.15) is 0 Å². The van der Waals surface area contributed by atoms with Gasteiger partial charge in [0.1, 0.15) is 0 Å². The highest BCUT2D eigenvalue weighted by Crippen LogP contribution is 2.47. The number of halogens is 2. The number of benzene rings is 1. The van der Waals surface area contributed by atoms with Crippen LogP contribution in [0.2, 0.25) is 5.02 Å². The third-order valence-electron chi connectivity index (χ3n) is 4.73. The lowest BCUT2D eigenvalue weighted by molar-refractivity contribution is 0.151. The number of hydrogen-bond acceptors (Lipinski definition) is 1. The summed E-state index contributed by atoms with van der Waals surface area (Å²) >= 11 is 5.91. The van der Waals surface area contributed by atoms with Gasteiger partial charge in [0.25, 0.3) is 0 Å². The fourth-order valence-corrected chi connectivity index (χ4v) is 3.44. The molecule has 1 N–H and O–H groups in total. The molecule has 1 aromatic carbocycles. The summed E-state index contributed by atoms with van der Waals surface area (Å²) in [6, 6.07) is 7.97. The lowest BCUT2D eigenvalue weighted by atomic mass is 9.68. The molecule has 1 aliphatic carbocycles. The molecule has 1 aromatic rings. The SMILES string of the molecule is CN=C(NCc1ccc(Cl)cc1)N1CCC2(CCC2)C1.I. The van der Waals surface area contributed by atoms with Gasteiger partial charge in [-0.1, -0.05) is 30.2 Å². The molecule has 5 heteroatoms. The summed E-state index contributed by atoms with van der Waals surface area (Å²) in [5.41, 5.74) is 1.84. The molecule has 1 heterocycles. The van der Waals surface area contributed by atoms with Crippen molar-refractivity contribution in [2.75, 3.05) is 20.1 Å². The highest BCUT2D eigenvalue weighted by Gasteiger charge is 2.43. The molecular weight excluding hydrogens is 397 g/mol. The second-order valence-electron chi connectivity index (χ2n) is 6.05. The van der Waals surface area contributed by atoms with Crippen LogP contribution in [0.5, 0.6) is 0 Å². The van der Waals surface area contributed by atoms with Gasteiger partial charge in [-0.05, 0) is 42.4 Å². The maximum Gasteiger partial charge on any atom is 0.193 e. The van der Waals surface area contributed by atoms with Crippen LogP contribution >= 0.6 is 35.6 Å². The number of likely N-dealkylation sites (tertiary alicyclic amines) is 1. The van der Waals surface area contributed by atoms with Crippen molar-refractivity contribution in [3.63, 3.8) is 0 Å². The van der Waals surface area contributed by atoms with Crippen LogP contribution in [0, 0.1) is 5.41 Å². The van der Waals surface area contributed by atoms with E-state index in [-0.39, 0.29) is 24.0 Å². The van der Waals surface area contributed by atoms with E-state index in [0.717, 1.165) is 24.1 Å². The van der Waals surface area contributed by atoms with E-state index in [1.807, 2.05) is 19.2 Å². The van der Waals surface area contributed by atoms with Gasteiger partial charge in [0.05, 0.1) is 0 Å². The van der Waals surface area contributed by atoms with Gasteiger partial charge in [0.15, 0.2) is 5.96 Å². The lowest BCUT2D eigenvalue weighted by Crippen LogP contribution is -2.42. The molecule has 1 saturated carbocycles. The van der Waals surface area contributed by atoms with Crippen LogP contribution in [-0.2, 0) is 6.54 Å². The molecule has 1 saturated heterocycles. The first-order valence-corrected chi connectivity index (χ1v) is 7.79. The topological polar surface area (TPSA) is 27.6 Å². The van der Waals surface area contributed by atoms with Crippen LogP contribution in [0.15, 0.2) is 29.3 Å². The fourth-order valence-electron chi connectivity index (χ4n) is 3.32. The largest absolute Gasteiger partial charge is 0.352 e. The van der Waals surface area contributed by atoms with Crippen LogP contribution in [-0.4, -0.2) is 31.0 Å². The summed E-state index contributed by atoms with van der Waals surface area (Å²) in [4.78, 5) is 6.84. The average molecular weight is 420 g/mol. The molecule has 3 rings (SSSR count). The van der Waals surface area contributed by atoms with Gasteiger partial charge in [-0.3, -0.25) is 4.99 Å². The zero-order valence-electron chi connectivity index (χ0n) is 12.4. The highest BCUT2D eigenvalue weighted by atomic mass is 127. The first-order chi connectivity index (χ1) is 9.71. The number of rotatable bonds is 2. The molecular formula is C16H23ClIN3. The zero-order valence-corrected chi connectivity index (χ0v) is 15.5. The second-order valence-corrected chi connectivity index (χ2v) is 6.49. The minimum atomic E-state index is 0. The molecule has 21 heavy (non-hydrogen) atoms. The monoisotopic (exact) mass is 419 g/mol. The molecule has 0 radical (unpaired) electrons. The summed E-state index contributed by atoms with van der Waals surface area (Å²) in [6.45, 7) is 3.11. The molecule has 0 amide bonds. The van der Waals surface area contributed by atoms with Gasteiger partial charge in [-0.15, -0.1) is 24.0 Å². The van der Waals surface area contributed by atoms with Gasteiger partial charge in [0, 0.05) is 31.7 Å². The number of hydrogen-bond donors (Lipinski definition) is 1. The molecule has 0 atom stereocenters. The summed E-state index contributed by atoms with van der Waals surface area (Å²) in [5.74, 6) is 1.03. The smallest absolute Gasteiger partial charge is 0.193 e. The van der Waals surface area contributed by atoms with Gasteiger partial charge in [-0.25, -0.2) is 0 Å². The minimum Gasteiger partial charge on any atom is -0.352 e. The normalized spacial score (nSPS) is 20.1. The number of nitrogens with zero attached hydrogens (tertiary/aromatic N) is 2. The molecule has 0 unspecified atom stereocenters. The predicted octanol–water partition coefficient (Wildman–Crippen LogP) is 3.91. The molecule has 116 valence electrons. The Kier molecular flexibility index (Phi) is 5.77. The third-order valence-corrected chi connectivity index (χ3v) is 4.98. The fraction of sp³-hybridized carbons (Fsp3) is 0.562. The molecule has 2 aliphatic rings. The Bertz CT molecular complexity index is 497. The molecule has 2 fully saturated rings. The van der Waals surface area contributed by atoms with Crippen molar-refractivity contribution in [3.8, 4) is 0 Å². The average Bonchev–Trinajstić information content (AvgIpc) is 2.87.